The molecule has 7 heteroatoms. The van der Waals surface area contributed by atoms with E-state index >= 15 is 0 Å². The third-order valence-corrected chi connectivity index (χ3v) is 4.09. The summed E-state index contributed by atoms with van der Waals surface area (Å²) in [5.74, 6) is -0.402. The van der Waals surface area contributed by atoms with Crippen molar-refractivity contribution < 1.29 is 13.2 Å². The highest BCUT2D eigenvalue weighted by molar-refractivity contribution is 7.92. The van der Waals surface area contributed by atoms with Crippen LogP contribution in [0.5, 0.6) is 0 Å². The fourth-order valence-electron chi connectivity index (χ4n) is 2.04. The van der Waals surface area contributed by atoms with Gasteiger partial charge in [0.1, 0.15) is 0 Å². The number of hydrogen-bond acceptors (Lipinski definition) is 3. The zero-order valence-corrected chi connectivity index (χ0v) is 14.5. The minimum atomic E-state index is -3.43. The quantitative estimate of drug-likeness (QED) is 0.883. The van der Waals surface area contributed by atoms with Crippen molar-refractivity contribution in [1.29, 1.82) is 0 Å². The molecular weight excluding hydrogens is 336 g/mol. The van der Waals surface area contributed by atoms with Gasteiger partial charge in [0.15, 0.2) is 0 Å². The topological polar surface area (TPSA) is 75.3 Å². The highest BCUT2D eigenvalue weighted by Crippen LogP contribution is 2.24. The number of halogens is 1. The van der Waals surface area contributed by atoms with Crippen LogP contribution in [0.2, 0.25) is 5.02 Å². The van der Waals surface area contributed by atoms with Crippen molar-refractivity contribution in [1.82, 2.24) is 0 Å². The minimum Gasteiger partial charge on any atom is -0.322 e. The lowest BCUT2D eigenvalue weighted by Crippen LogP contribution is -2.15. The first-order valence-electron chi connectivity index (χ1n) is 6.81. The molecule has 0 saturated heterocycles. The molecule has 2 N–H and O–H groups in total. The maximum atomic E-state index is 12.4. The smallest absolute Gasteiger partial charge is 0.257 e. The van der Waals surface area contributed by atoms with E-state index in [1.807, 2.05) is 32.0 Å². The van der Waals surface area contributed by atoms with E-state index in [1.165, 1.54) is 18.2 Å². The first-order chi connectivity index (χ1) is 10.7. The molecule has 122 valence electrons. The van der Waals surface area contributed by atoms with Crippen LogP contribution >= 0.6 is 11.6 Å². The van der Waals surface area contributed by atoms with Gasteiger partial charge in [0.2, 0.25) is 10.0 Å². The normalized spacial score (nSPS) is 11.1. The number of carbonyl (C=O) groups excluding carboxylic acids is 1. The average Bonchev–Trinajstić information content (AvgIpc) is 2.43. The molecule has 5 nitrogen and oxygen atoms in total. The summed E-state index contributed by atoms with van der Waals surface area (Å²) in [6.07, 6.45) is 1.04. The fourth-order valence-corrected chi connectivity index (χ4v) is 2.80. The number of rotatable bonds is 4. The zero-order valence-electron chi connectivity index (χ0n) is 13.0. The van der Waals surface area contributed by atoms with Gasteiger partial charge in [-0.25, -0.2) is 8.42 Å². The van der Waals surface area contributed by atoms with Gasteiger partial charge in [-0.2, -0.15) is 0 Å². The summed E-state index contributed by atoms with van der Waals surface area (Å²) in [6.45, 7) is 3.82. The molecule has 1 amide bonds. The molecule has 0 spiro atoms. The van der Waals surface area contributed by atoms with Gasteiger partial charge in [-0.3, -0.25) is 9.52 Å². The Balaban J connectivity index is 2.31. The molecule has 0 aromatic heterocycles. The van der Waals surface area contributed by atoms with Gasteiger partial charge in [-0.05, 0) is 49.2 Å². The number of hydrogen-bond donors (Lipinski definition) is 2. The first kappa shape index (κ1) is 17.3. The molecule has 0 aliphatic carbocycles. The van der Waals surface area contributed by atoms with E-state index in [2.05, 4.69) is 10.0 Å². The van der Waals surface area contributed by atoms with Crippen LogP contribution in [0.25, 0.3) is 0 Å². The van der Waals surface area contributed by atoms with E-state index in [-0.39, 0.29) is 16.3 Å². The van der Waals surface area contributed by atoms with Gasteiger partial charge < -0.3 is 5.32 Å². The zero-order chi connectivity index (χ0) is 17.2. The molecule has 2 aromatic carbocycles. The first-order valence-corrected chi connectivity index (χ1v) is 9.08. The molecule has 0 bridgehead atoms. The summed E-state index contributed by atoms with van der Waals surface area (Å²) < 4.78 is 24.9. The van der Waals surface area contributed by atoms with Crippen LogP contribution in [-0.4, -0.2) is 20.6 Å². The van der Waals surface area contributed by atoms with Gasteiger partial charge in [0.25, 0.3) is 5.91 Å². The average molecular weight is 353 g/mol. The Hall–Kier alpha value is -2.05. The number of amides is 1. The van der Waals surface area contributed by atoms with Crippen LogP contribution in [-0.2, 0) is 10.0 Å². The standard InChI is InChI=1S/C16H17ClN2O3S/c1-10-4-5-11(2)15(8-10)18-16(20)13-9-12(6-7-14(13)17)19-23(3,21)22/h4-9,19H,1-3H3,(H,18,20). The lowest BCUT2D eigenvalue weighted by atomic mass is 10.1. The van der Waals surface area contributed by atoms with Crippen molar-refractivity contribution in [2.24, 2.45) is 0 Å². The van der Waals surface area contributed by atoms with Gasteiger partial charge >= 0.3 is 0 Å². The summed E-state index contributed by atoms with van der Waals surface area (Å²) in [5, 5.41) is 3.04. The highest BCUT2D eigenvalue weighted by atomic mass is 35.5. The van der Waals surface area contributed by atoms with Crippen molar-refractivity contribution in [3.8, 4) is 0 Å². The largest absolute Gasteiger partial charge is 0.322 e. The SMILES string of the molecule is Cc1ccc(C)c(NC(=O)c2cc(NS(C)(=O)=O)ccc2Cl)c1. The fraction of sp³-hybridized carbons (Fsp3) is 0.188. The summed E-state index contributed by atoms with van der Waals surface area (Å²) >= 11 is 6.06. The molecule has 0 aliphatic rings. The lowest BCUT2D eigenvalue weighted by Gasteiger charge is -2.12. The van der Waals surface area contributed by atoms with Crippen molar-refractivity contribution in [3.63, 3.8) is 0 Å². The maximum Gasteiger partial charge on any atom is 0.257 e. The Labute approximate surface area is 140 Å². The van der Waals surface area contributed by atoms with Gasteiger partial charge in [-0.1, -0.05) is 23.7 Å². The Kier molecular flexibility index (Phi) is 4.97. The number of benzene rings is 2. The summed E-state index contributed by atoms with van der Waals surface area (Å²) in [5.41, 5.74) is 3.10. The van der Waals surface area contributed by atoms with E-state index in [9.17, 15) is 13.2 Å². The number of anilines is 2. The van der Waals surface area contributed by atoms with Crippen LogP contribution in [0, 0.1) is 13.8 Å². The monoisotopic (exact) mass is 352 g/mol. The second-order valence-corrected chi connectivity index (χ2v) is 7.50. The Morgan fingerprint density at radius 2 is 1.78 bits per heavy atom. The van der Waals surface area contributed by atoms with Crippen molar-refractivity contribution >= 4 is 38.9 Å². The van der Waals surface area contributed by atoms with Crippen LogP contribution in [0.1, 0.15) is 21.5 Å². The maximum absolute atomic E-state index is 12.4. The molecule has 0 saturated carbocycles. The second-order valence-electron chi connectivity index (χ2n) is 5.34. The van der Waals surface area contributed by atoms with E-state index in [0.29, 0.717) is 5.69 Å². The summed E-state index contributed by atoms with van der Waals surface area (Å²) in [4.78, 5) is 12.4. The molecule has 0 fully saturated rings. The van der Waals surface area contributed by atoms with Crippen LogP contribution < -0.4 is 10.0 Å². The molecule has 0 aliphatic heterocycles. The third kappa shape index (κ3) is 4.71. The summed E-state index contributed by atoms with van der Waals surface area (Å²) in [7, 11) is -3.43. The Morgan fingerprint density at radius 3 is 2.43 bits per heavy atom. The Morgan fingerprint density at radius 1 is 1.09 bits per heavy atom. The van der Waals surface area contributed by atoms with E-state index in [4.69, 9.17) is 11.6 Å². The number of sulfonamides is 1. The van der Waals surface area contributed by atoms with Crippen molar-refractivity contribution in [2.45, 2.75) is 13.8 Å². The van der Waals surface area contributed by atoms with Crippen LogP contribution in [0.15, 0.2) is 36.4 Å². The predicted molar refractivity (Wildman–Crippen MR) is 93.8 cm³/mol. The minimum absolute atomic E-state index is 0.196. The molecule has 2 rings (SSSR count). The van der Waals surface area contributed by atoms with Crippen molar-refractivity contribution in [2.75, 3.05) is 16.3 Å². The summed E-state index contributed by atoms with van der Waals surface area (Å²) in [6, 6.07) is 10.1. The van der Waals surface area contributed by atoms with Crippen LogP contribution in [0.4, 0.5) is 11.4 Å². The second kappa shape index (κ2) is 6.60. The van der Waals surface area contributed by atoms with E-state index < -0.39 is 15.9 Å². The molecule has 0 atom stereocenters. The highest BCUT2D eigenvalue weighted by Gasteiger charge is 2.14. The van der Waals surface area contributed by atoms with Crippen molar-refractivity contribution in [3.05, 3.63) is 58.1 Å². The molecule has 0 radical (unpaired) electrons. The number of carbonyl (C=O) groups is 1. The number of aryl methyl sites for hydroxylation is 2. The molecular formula is C16H17ClN2O3S. The van der Waals surface area contributed by atoms with Gasteiger partial charge in [0.05, 0.1) is 16.8 Å². The lowest BCUT2D eigenvalue weighted by molar-refractivity contribution is 0.102. The van der Waals surface area contributed by atoms with Gasteiger partial charge in [0, 0.05) is 11.4 Å². The molecule has 0 heterocycles. The van der Waals surface area contributed by atoms with E-state index in [1.54, 1.807) is 0 Å². The molecule has 23 heavy (non-hydrogen) atoms. The third-order valence-electron chi connectivity index (χ3n) is 3.16. The van der Waals surface area contributed by atoms with Crippen LogP contribution in [0.3, 0.4) is 0 Å². The predicted octanol–water partition coefficient (Wildman–Crippen LogP) is 3.58. The van der Waals surface area contributed by atoms with Gasteiger partial charge in [-0.15, -0.1) is 0 Å². The molecule has 0 unspecified atom stereocenters. The Bertz CT molecular complexity index is 864. The number of nitrogens with one attached hydrogen (secondary N) is 2. The van der Waals surface area contributed by atoms with E-state index in [0.717, 1.165) is 17.4 Å². The molecule has 2 aromatic rings.